The van der Waals surface area contributed by atoms with Crippen molar-refractivity contribution in [2.24, 2.45) is 0 Å². The highest BCUT2D eigenvalue weighted by Gasteiger charge is 2.18. The molecule has 2 aromatic rings. The summed E-state index contributed by atoms with van der Waals surface area (Å²) in [5.74, 6) is 0. The molecule has 3 nitrogen and oxygen atoms in total. The Morgan fingerprint density at radius 2 is 1.81 bits per heavy atom. The van der Waals surface area contributed by atoms with Gasteiger partial charge in [-0.25, -0.2) is 0 Å². The van der Waals surface area contributed by atoms with Crippen molar-refractivity contribution in [2.45, 2.75) is 6.42 Å². The van der Waals surface area contributed by atoms with E-state index in [0.29, 0.717) is 0 Å². The number of nitrogens with zero attached hydrogens (tertiary/aromatic N) is 3. The molecule has 0 N–H and O–H groups in total. The van der Waals surface area contributed by atoms with Crippen LogP contribution in [0, 0.1) is 0 Å². The number of hydrogen-bond acceptors (Lipinski definition) is 3. The minimum absolute atomic E-state index is 0.848. The first-order chi connectivity index (χ1) is 10.3. The number of halogens is 1. The zero-order chi connectivity index (χ0) is 14.5. The highest BCUT2D eigenvalue weighted by Crippen LogP contribution is 2.25. The Kier molecular flexibility index (Phi) is 4.73. The van der Waals surface area contributed by atoms with E-state index in [1.165, 1.54) is 5.56 Å². The summed E-state index contributed by atoms with van der Waals surface area (Å²) in [5, 5.41) is 0.848. The number of anilines is 1. The number of piperazine rings is 1. The standard InChI is InChI=1S/C17H20ClN3/c18-16-5-1-2-6-17(16)21-12-10-20(11-13-21)9-7-15-4-3-8-19-14-15/h1-6,8,14H,7,9-13H2. The van der Waals surface area contributed by atoms with E-state index in [2.05, 4.69) is 33.0 Å². The number of benzene rings is 1. The third kappa shape index (κ3) is 3.74. The molecule has 0 atom stereocenters. The van der Waals surface area contributed by atoms with Gasteiger partial charge in [-0.15, -0.1) is 0 Å². The second-order valence-electron chi connectivity index (χ2n) is 5.39. The highest BCUT2D eigenvalue weighted by atomic mass is 35.5. The van der Waals surface area contributed by atoms with Crippen LogP contribution in [-0.2, 0) is 6.42 Å². The average molecular weight is 302 g/mol. The fraction of sp³-hybridized carbons (Fsp3) is 0.353. The van der Waals surface area contributed by atoms with Gasteiger partial charge in [0.25, 0.3) is 0 Å². The summed E-state index contributed by atoms with van der Waals surface area (Å²) >= 11 is 6.27. The maximum absolute atomic E-state index is 6.27. The Morgan fingerprint density at radius 1 is 1.00 bits per heavy atom. The summed E-state index contributed by atoms with van der Waals surface area (Å²) in [7, 11) is 0. The number of hydrogen-bond donors (Lipinski definition) is 0. The lowest BCUT2D eigenvalue weighted by Crippen LogP contribution is -2.47. The van der Waals surface area contributed by atoms with Gasteiger partial charge in [0.15, 0.2) is 0 Å². The highest BCUT2D eigenvalue weighted by molar-refractivity contribution is 6.33. The van der Waals surface area contributed by atoms with Crippen molar-refractivity contribution in [3.8, 4) is 0 Å². The van der Waals surface area contributed by atoms with Crippen LogP contribution in [0.1, 0.15) is 5.56 Å². The molecule has 1 aliphatic rings. The van der Waals surface area contributed by atoms with Crippen molar-refractivity contribution < 1.29 is 0 Å². The fourth-order valence-electron chi connectivity index (χ4n) is 2.75. The Bertz CT molecular complexity index is 565. The molecule has 0 saturated carbocycles. The Balaban J connectivity index is 1.50. The number of aromatic nitrogens is 1. The molecule has 1 saturated heterocycles. The largest absolute Gasteiger partial charge is 0.368 e. The van der Waals surface area contributed by atoms with Crippen LogP contribution in [-0.4, -0.2) is 42.6 Å². The molecule has 1 aromatic carbocycles. The SMILES string of the molecule is Clc1ccccc1N1CCN(CCc2cccnc2)CC1. The number of rotatable bonds is 4. The van der Waals surface area contributed by atoms with Crippen LogP contribution in [0.25, 0.3) is 0 Å². The monoisotopic (exact) mass is 301 g/mol. The van der Waals surface area contributed by atoms with Crippen molar-refractivity contribution in [1.82, 2.24) is 9.88 Å². The summed E-state index contributed by atoms with van der Waals surface area (Å²) in [5.41, 5.74) is 2.47. The molecule has 1 aliphatic heterocycles. The molecule has 0 aliphatic carbocycles. The second kappa shape index (κ2) is 6.92. The Labute approximate surface area is 131 Å². The Morgan fingerprint density at radius 3 is 2.52 bits per heavy atom. The van der Waals surface area contributed by atoms with Gasteiger partial charge in [-0.1, -0.05) is 29.8 Å². The van der Waals surface area contributed by atoms with Crippen LogP contribution >= 0.6 is 11.6 Å². The molecule has 0 radical (unpaired) electrons. The predicted molar refractivity (Wildman–Crippen MR) is 88.0 cm³/mol. The van der Waals surface area contributed by atoms with Gasteiger partial charge in [-0.3, -0.25) is 9.88 Å². The van der Waals surface area contributed by atoms with E-state index in [1.54, 1.807) is 0 Å². The van der Waals surface area contributed by atoms with Gasteiger partial charge in [-0.05, 0) is 30.2 Å². The smallest absolute Gasteiger partial charge is 0.0639 e. The third-order valence-corrected chi connectivity index (χ3v) is 4.32. The van der Waals surface area contributed by atoms with Crippen molar-refractivity contribution >= 4 is 17.3 Å². The van der Waals surface area contributed by atoms with Gasteiger partial charge in [0.05, 0.1) is 10.7 Å². The maximum atomic E-state index is 6.27. The van der Waals surface area contributed by atoms with Crippen LogP contribution in [0.3, 0.4) is 0 Å². The van der Waals surface area contributed by atoms with Gasteiger partial charge in [0.2, 0.25) is 0 Å². The van der Waals surface area contributed by atoms with Crippen molar-refractivity contribution in [3.63, 3.8) is 0 Å². The van der Waals surface area contributed by atoms with Gasteiger partial charge in [-0.2, -0.15) is 0 Å². The van der Waals surface area contributed by atoms with Crippen LogP contribution in [0.15, 0.2) is 48.8 Å². The van der Waals surface area contributed by atoms with E-state index in [-0.39, 0.29) is 0 Å². The molecule has 0 amide bonds. The molecule has 21 heavy (non-hydrogen) atoms. The summed E-state index contributed by atoms with van der Waals surface area (Å²) in [6, 6.07) is 12.3. The van der Waals surface area contributed by atoms with Gasteiger partial charge < -0.3 is 4.90 Å². The first-order valence-corrected chi connectivity index (χ1v) is 7.81. The molecule has 110 valence electrons. The molecule has 1 aromatic heterocycles. The lowest BCUT2D eigenvalue weighted by molar-refractivity contribution is 0.261. The van der Waals surface area contributed by atoms with Crippen LogP contribution in [0.2, 0.25) is 5.02 Å². The first kappa shape index (κ1) is 14.4. The van der Waals surface area contributed by atoms with E-state index in [4.69, 9.17) is 11.6 Å². The Hall–Kier alpha value is -1.58. The summed E-state index contributed by atoms with van der Waals surface area (Å²) in [4.78, 5) is 9.06. The van der Waals surface area contributed by atoms with Crippen molar-refractivity contribution in [2.75, 3.05) is 37.6 Å². The molecule has 2 heterocycles. The predicted octanol–water partition coefficient (Wildman–Crippen LogP) is 3.10. The lowest BCUT2D eigenvalue weighted by Gasteiger charge is -2.36. The van der Waals surface area contributed by atoms with E-state index in [0.717, 1.165) is 49.9 Å². The number of para-hydroxylation sites is 1. The zero-order valence-electron chi connectivity index (χ0n) is 12.1. The van der Waals surface area contributed by atoms with Gasteiger partial charge in [0, 0.05) is 45.1 Å². The average Bonchev–Trinajstić information content (AvgIpc) is 2.55. The van der Waals surface area contributed by atoms with Crippen LogP contribution < -0.4 is 4.90 Å². The summed E-state index contributed by atoms with van der Waals surface area (Å²) in [6.07, 6.45) is 4.85. The molecule has 1 fully saturated rings. The second-order valence-corrected chi connectivity index (χ2v) is 5.80. The minimum atomic E-state index is 0.848. The molecule has 4 heteroatoms. The summed E-state index contributed by atoms with van der Waals surface area (Å²) < 4.78 is 0. The first-order valence-electron chi connectivity index (χ1n) is 7.44. The number of pyridine rings is 1. The minimum Gasteiger partial charge on any atom is -0.368 e. The van der Waals surface area contributed by atoms with Crippen LogP contribution in [0.5, 0.6) is 0 Å². The van der Waals surface area contributed by atoms with Crippen molar-refractivity contribution in [3.05, 3.63) is 59.4 Å². The third-order valence-electron chi connectivity index (χ3n) is 4.00. The van der Waals surface area contributed by atoms with E-state index in [9.17, 15) is 0 Å². The molecule has 3 rings (SSSR count). The molecular weight excluding hydrogens is 282 g/mol. The van der Waals surface area contributed by atoms with Crippen LogP contribution in [0.4, 0.5) is 5.69 Å². The van der Waals surface area contributed by atoms with Crippen molar-refractivity contribution in [1.29, 1.82) is 0 Å². The topological polar surface area (TPSA) is 19.4 Å². The van der Waals surface area contributed by atoms with E-state index < -0.39 is 0 Å². The quantitative estimate of drug-likeness (QED) is 0.865. The molecule has 0 unspecified atom stereocenters. The molecular formula is C17H20ClN3. The lowest BCUT2D eigenvalue weighted by atomic mass is 10.2. The van der Waals surface area contributed by atoms with E-state index >= 15 is 0 Å². The normalized spacial score (nSPS) is 16.1. The fourth-order valence-corrected chi connectivity index (χ4v) is 3.01. The maximum Gasteiger partial charge on any atom is 0.0639 e. The van der Waals surface area contributed by atoms with E-state index in [1.807, 2.05) is 30.6 Å². The molecule has 0 spiro atoms. The summed E-state index contributed by atoms with van der Waals surface area (Å²) in [6.45, 7) is 5.35. The zero-order valence-corrected chi connectivity index (χ0v) is 12.8. The van der Waals surface area contributed by atoms with Gasteiger partial charge in [0.1, 0.15) is 0 Å². The van der Waals surface area contributed by atoms with Gasteiger partial charge >= 0.3 is 0 Å². The molecule has 0 bridgehead atoms.